The van der Waals surface area contributed by atoms with E-state index in [1.165, 1.54) is 11.1 Å². The average molecular weight is 264 g/mol. The fourth-order valence-corrected chi connectivity index (χ4v) is 3.80. The summed E-state index contributed by atoms with van der Waals surface area (Å²) in [5, 5.41) is 0. The van der Waals surface area contributed by atoms with E-state index in [0.29, 0.717) is 5.78 Å². The highest BCUT2D eigenvalue weighted by Gasteiger charge is 2.51. The molecule has 0 spiro atoms. The zero-order valence-corrected chi connectivity index (χ0v) is 12.0. The second-order valence-electron chi connectivity index (χ2n) is 5.93. The van der Waals surface area contributed by atoms with Gasteiger partial charge in [0.1, 0.15) is 5.78 Å². The van der Waals surface area contributed by atoms with Crippen LogP contribution in [0.25, 0.3) is 0 Å². The fourth-order valence-electron chi connectivity index (χ4n) is 3.80. The van der Waals surface area contributed by atoms with Crippen molar-refractivity contribution < 1.29 is 4.79 Å². The van der Waals surface area contributed by atoms with E-state index < -0.39 is 0 Å². The van der Waals surface area contributed by atoms with E-state index >= 15 is 0 Å². The molecule has 0 heterocycles. The van der Waals surface area contributed by atoms with Gasteiger partial charge < -0.3 is 0 Å². The molecule has 3 rings (SSSR count). The summed E-state index contributed by atoms with van der Waals surface area (Å²) >= 11 is 0. The molecular weight excluding hydrogens is 244 g/mol. The van der Waals surface area contributed by atoms with Crippen molar-refractivity contribution in [1.29, 1.82) is 0 Å². The molecule has 1 aliphatic carbocycles. The third kappa shape index (κ3) is 1.81. The predicted molar refractivity (Wildman–Crippen MR) is 81.6 cm³/mol. The van der Waals surface area contributed by atoms with E-state index in [9.17, 15) is 4.79 Å². The van der Waals surface area contributed by atoms with Gasteiger partial charge in [-0.15, -0.1) is 0 Å². The summed E-state index contributed by atoms with van der Waals surface area (Å²) in [5.74, 6) is 0.547. The topological polar surface area (TPSA) is 17.1 Å². The Kier molecular flexibility index (Phi) is 3.21. The first-order valence-corrected chi connectivity index (χ1v) is 7.31. The third-order valence-electron chi connectivity index (χ3n) is 4.86. The first-order chi connectivity index (χ1) is 9.66. The Hall–Kier alpha value is -1.89. The summed E-state index contributed by atoms with van der Waals surface area (Å²) in [6.07, 6.45) is 0.904. The minimum absolute atomic E-state index is 0.0299. The van der Waals surface area contributed by atoms with Crippen LogP contribution in [0, 0.1) is 11.8 Å². The molecule has 20 heavy (non-hydrogen) atoms. The van der Waals surface area contributed by atoms with Crippen LogP contribution in [0.2, 0.25) is 0 Å². The molecule has 1 fully saturated rings. The number of carbonyl (C=O) groups excluding carboxylic acids is 1. The largest absolute Gasteiger partial charge is 0.299 e. The van der Waals surface area contributed by atoms with Gasteiger partial charge in [-0.3, -0.25) is 4.79 Å². The number of hydrogen-bond acceptors (Lipinski definition) is 1. The monoisotopic (exact) mass is 264 g/mol. The van der Waals surface area contributed by atoms with Crippen molar-refractivity contribution in [2.24, 2.45) is 11.8 Å². The van der Waals surface area contributed by atoms with Gasteiger partial charge in [0.25, 0.3) is 0 Å². The smallest absolute Gasteiger partial charge is 0.139 e. The highest BCUT2D eigenvalue weighted by atomic mass is 16.1. The molecular formula is C19H20O. The molecule has 1 nitrogen and oxygen atoms in total. The number of ketones is 1. The van der Waals surface area contributed by atoms with E-state index in [-0.39, 0.29) is 17.3 Å². The zero-order valence-electron chi connectivity index (χ0n) is 12.0. The molecule has 1 aliphatic rings. The Morgan fingerprint density at radius 1 is 0.850 bits per heavy atom. The first-order valence-electron chi connectivity index (χ1n) is 7.31. The minimum atomic E-state index is -0.168. The van der Waals surface area contributed by atoms with Crippen molar-refractivity contribution in [2.45, 2.75) is 25.7 Å². The van der Waals surface area contributed by atoms with Crippen LogP contribution < -0.4 is 0 Å². The lowest BCUT2D eigenvalue weighted by molar-refractivity contribution is -0.123. The number of hydrogen-bond donors (Lipinski definition) is 0. The van der Waals surface area contributed by atoms with Crippen LogP contribution >= 0.6 is 0 Å². The Morgan fingerprint density at radius 3 is 1.65 bits per heavy atom. The third-order valence-corrected chi connectivity index (χ3v) is 4.86. The van der Waals surface area contributed by atoms with Gasteiger partial charge in [0.05, 0.1) is 0 Å². The summed E-state index contributed by atoms with van der Waals surface area (Å²) in [7, 11) is 0. The molecule has 0 unspecified atom stereocenters. The fraction of sp³-hybridized carbons (Fsp3) is 0.316. The molecule has 1 heteroatoms. The van der Waals surface area contributed by atoms with Crippen LogP contribution in [0.1, 0.15) is 31.4 Å². The summed E-state index contributed by atoms with van der Waals surface area (Å²) in [6.45, 7) is 4.15. The lowest BCUT2D eigenvalue weighted by atomic mass is 9.68. The Balaban J connectivity index is 2.22. The van der Waals surface area contributed by atoms with Crippen LogP contribution in [0.5, 0.6) is 0 Å². The van der Waals surface area contributed by atoms with Gasteiger partial charge in [-0.1, -0.05) is 74.5 Å². The van der Waals surface area contributed by atoms with E-state index in [1.54, 1.807) is 0 Å². The van der Waals surface area contributed by atoms with E-state index in [2.05, 4.69) is 62.4 Å². The summed E-state index contributed by atoms with van der Waals surface area (Å²) in [6, 6.07) is 21.0. The Morgan fingerprint density at radius 2 is 1.30 bits per heavy atom. The number of Topliss-reactive ketones (excluding diaryl/α,β-unsaturated/α-hetero) is 1. The SMILES string of the molecule is C[C@@H]1C(=O)[C@@H](C)CC1(c1ccccc1)c1ccccc1. The van der Waals surface area contributed by atoms with Crippen molar-refractivity contribution in [3.63, 3.8) is 0 Å². The second-order valence-corrected chi connectivity index (χ2v) is 5.93. The molecule has 0 N–H and O–H groups in total. The van der Waals surface area contributed by atoms with Crippen molar-refractivity contribution in [3.05, 3.63) is 71.8 Å². The molecule has 0 aromatic heterocycles. The van der Waals surface area contributed by atoms with Crippen molar-refractivity contribution in [1.82, 2.24) is 0 Å². The van der Waals surface area contributed by atoms with E-state index in [1.807, 2.05) is 12.1 Å². The highest BCUT2D eigenvalue weighted by Crippen LogP contribution is 2.50. The molecule has 0 bridgehead atoms. The Bertz CT molecular complexity index is 561. The van der Waals surface area contributed by atoms with Crippen LogP contribution in [0.15, 0.2) is 60.7 Å². The molecule has 0 radical (unpaired) electrons. The molecule has 2 atom stereocenters. The second kappa shape index (κ2) is 4.90. The first kappa shape index (κ1) is 13.1. The Labute approximate surface area is 120 Å². The van der Waals surface area contributed by atoms with Crippen molar-refractivity contribution >= 4 is 5.78 Å². The molecule has 102 valence electrons. The van der Waals surface area contributed by atoms with Crippen LogP contribution in [0.4, 0.5) is 0 Å². The zero-order chi connectivity index (χ0) is 14.2. The number of benzene rings is 2. The molecule has 0 amide bonds. The van der Waals surface area contributed by atoms with Crippen molar-refractivity contribution in [2.75, 3.05) is 0 Å². The van der Waals surface area contributed by atoms with Gasteiger partial charge in [-0.25, -0.2) is 0 Å². The summed E-state index contributed by atoms with van der Waals surface area (Å²) in [5.41, 5.74) is 2.35. The number of carbonyl (C=O) groups is 1. The number of rotatable bonds is 2. The molecule has 1 saturated carbocycles. The summed E-state index contributed by atoms with van der Waals surface area (Å²) < 4.78 is 0. The van der Waals surface area contributed by atoms with Gasteiger partial charge in [0, 0.05) is 17.3 Å². The van der Waals surface area contributed by atoms with E-state index in [4.69, 9.17) is 0 Å². The molecule has 0 saturated heterocycles. The van der Waals surface area contributed by atoms with Crippen LogP contribution in [-0.4, -0.2) is 5.78 Å². The van der Waals surface area contributed by atoms with Gasteiger partial charge in [0.15, 0.2) is 0 Å². The molecule has 2 aromatic carbocycles. The minimum Gasteiger partial charge on any atom is -0.299 e. The predicted octanol–water partition coefficient (Wildman–Crippen LogP) is 4.22. The standard InChI is InChI=1S/C19H20O/c1-14-13-19(15(2)18(14)20,16-9-5-3-6-10-16)17-11-7-4-8-12-17/h3-12,14-15H,13H2,1-2H3/t14-,15+/m0/s1. The normalized spacial score (nSPS) is 24.8. The lowest BCUT2D eigenvalue weighted by Crippen LogP contribution is -2.32. The molecule has 2 aromatic rings. The maximum Gasteiger partial charge on any atom is 0.139 e. The maximum atomic E-state index is 12.5. The molecule has 0 aliphatic heterocycles. The van der Waals surface area contributed by atoms with E-state index in [0.717, 1.165) is 6.42 Å². The highest BCUT2D eigenvalue weighted by molar-refractivity contribution is 5.88. The van der Waals surface area contributed by atoms with Gasteiger partial charge in [-0.05, 0) is 17.5 Å². The van der Waals surface area contributed by atoms with Gasteiger partial charge in [0.2, 0.25) is 0 Å². The van der Waals surface area contributed by atoms with Crippen LogP contribution in [0.3, 0.4) is 0 Å². The average Bonchev–Trinajstić information content (AvgIpc) is 2.74. The van der Waals surface area contributed by atoms with Crippen LogP contribution in [-0.2, 0) is 10.2 Å². The maximum absolute atomic E-state index is 12.5. The summed E-state index contributed by atoms with van der Waals surface area (Å²) in [4.78, 5) is 12.5. The van der Waals surface area contributed by atoms with Gasteiger partial charge >= 0.3 is 0 Å². The van der Waals surface area contributed by atoms with Crippen molar-refractivity contribution in [3.8, 4) is 0 Å². The quantitative estimate of drug-likeness (QED) is 0.793. The lowest BCUT2D eigenvalue weighted by Gasteiger charge is -2.34. The van der Waals surface area contributed by atoms with Gasteiger partial charge in [-0.2, -0.15) is 0 Å².